The van der Waals surface area contributed by atoms with Crippen molar-refractivity contribution in [3.63, 3.8) is 0 Å². The Kier molecular flexibility index (Phi) is 5.73. The van der Waals surface area contributed by atoms with E-state index in [1.165, 1.54) is 5.56 Å². The quantitative estimate of drug-likeness (QED) is 0.689. The normalized spacial score (nSPS) is 16.7. The van der Waals surface area contributed by atoms with E-state index >= 15 is 0 Å². The molecule has 1 saturated heterocycles. The SMILES string of the molecule is O=C(Cc1ccncc1)N1CCOC(c2cccc(Cc3ccccc3)n2)C1. The van der Waals surface area contributed by atoms with Gasteiger partial charge in [-0.1, -0.05) is 36.4 Å². The molecule has 5 heteroatoms. The number of aromatic nitrogens is 2. The standard InChI is InChI=1S/C23H23N3O2/c27-23(16-19-9-11-24-12-10-19)26-13-14-28-22(17-26)21-8-4-7-20(25-21)15-18-5-2-1-3-6-18/h1-12,22H,13-17H2. The molecule has 1 unspecified atom stereocenters. The largest absolute Gasteiger partial charge is 0.368 e. The molecule has 1 aliphatic rings. The highest BCUT2D eigenvalue weighted by atomic mass is 16.5. The third-order valence-electron chi connectivity index (χ3n) is 4.91. The van der Waals surface area contributed by atoms with Gasteiger partial charge in [-0.05, 0) is 35.4 Å². The molecular weight excluding hydrogens is 350 g/mol. The predicted octanol–water partition coefficient (Wildman–Crippen LogP) is 3.21. The number of amides is 1. The van der Waals surface area contributed by atoms with E-state index in [1.54, 1.807) is 12.4 Å². The lowest BCUT2D eigenvalue weighted by Crippen LogP contribution is -2.43. The number of benzene rings is 1. The monoisotopic (exact) mass is 373 g/mol. The van der Waals surface area contributed by atoms with Crippen LogP contribution in [0.2, 0.25) is 0 Å². The second-order valence-electron chi connectivity index (χ2n) is 6.95. The minimum Gasteiger partial charge on any atom is -0.368 e. The van der Waals surface area contributed by atoms with E-state index < -0.39 is 0 Å². The minimum absolute atomic E-state index is 0.111. The van der Waals surface area contributed by atoms with Crippen molar-refractivity contribution in [2.24, 2.45) is 0 Å². The maximum absolute atomic E-state index is 12.7. The number of pyridine rings is 2. The van der Waals surface area contributed by atoms with Gasteiger partial charge in [0, 0.05) is 31.1 Å². The summed E-state index contributed by atoms with van der Waals surface area (Å²) in [4.78, 5) is 23.4. The van der Waals surface area contributed by atoms with E-state index in [4.69, 9.17) is 9.72 Å². The van der Waals surface area contributed by atoms with Gasteiger partial charge >= 0.3 is 0 Å². The fourth-order valence-corrected chi connectivity index (χ4v) is 3.42. The van der Waals surface area contributed by atoms with E-state index in [1.807, 2.05) is 53.4 Å². The summed E-state index contributed by atoms with van der Waals surface area (Å²) in [5.41, 5.74) is 4.10. The van der Waals surface area contributed by atoms with Crippen molar-refractivity contribution in [3.05, 3.63) is 95.6 Å². The van der Waals surface area contributed by atoms with Crippen LogP contribution in [0, 0.1) is 0 Å². The highest BCUT2D eigenvalue weighted by Crippen LogP contribution is 2.22. The first kappa shape index (κ1) is 18.3. The Morgan fingerprint density at radius 3 is 2.64 bits per heavy atom. The molecule has 1 amide bonds. The highest BCUT2D eigenvalue weighted by molar-refractivity contribution is 5.78. The van der Waals surface area contributed by atoms with Gasteiger partial charge in [0.2, 0.25) is 5.91 Å². The molecule has 0 spiro atoms. The number of hydrogen-bond acceptors (Lipinski definition) is 4. The van der Waals surface area contributed by atoms with Gasteiger partial charge in [0.15, 0.2) is 0 Å². The van der Waals surface area contributed by atoms with E-state index in [2.05, 4.69) is 17.1 Å². The molecule has 28 heavy (non-hydrogen) atoms. The lowest BCUT2D eigenvalue weighted by atomic mass is 10.1. The molecule has 0 N–H and O–H groups in total. The molecule has 3 aromatic rings. The first-order valence-corrected chi connectivity index (χ1v) is 9.56. The molecular formula is C23H23N3O2. The van der Waals surface area contributed by atoms with E-state index in [9.17, 15) is 4.79 Å². The predicted molar refractivity (Wildman–Crippen MR) is 107 cm³/mol. The Morgan fingerprint density at radius 1 is 1.00 bits per heavy atom. The molecule has 1 aliphatic heterocycles. The third kappa shape index (κ3) is 4.61. The van der Waals surface area contributed by atoms with Crippen molar-refractivity contribution in [3.8, 4) is 0 Å². The number of ether oxygens (including phenoxy) is 1. The Balaban J connectivity index is 1.43. The Hall–Kier alpha value is -3.05. The molecule has 2 aromatic heterocycles. The minimum atomic E-state index is -0.189. The van der Waals surface area contributed by atoms with Crippen molar-refractivity contribution in [1.29, 1.82) is 0 Å². The fourth-order valence-electron chi connectivity index (χ4n) is 3.42. The van der Waals surface area contributed by atoms with Gasteiger partial charge in [0.25, 0.3) is 0 Å². The number of carbonyl (C=O) groups is 1. The summed E-state index contributed by atoms with van der Waals surface area (Å²) < 4.78 is 5.93. The van der Waals surface area contributed by atoms with Gasteiger partial charge in [-0.2, -0.15) is 0 Å². The molecule has 0 aliphatic carbocycles. The molecule has 0 bridgehead atoms. The van der Waals surface area contributed by atoms with Gasteiger partial charge in [-0.3, -0.25) is 14.8 Å². The maximum Gasteiger partial charge on any atom is 0.227 e. The van der Waals surface area contributed by atoms with E-state index in [-0.39, 0.29) is 12.0 Å². The summed E-state index contributed by atoms with van der Waals surface area (Å²) >= 11 is 0. The topological polar surface area (TPSA) is 55.3 Å². The van der Waals surface area contributed by atoms with Crippen LogP contribution in [0.1, 0.15) is 28.6 Å². The summed E-state index contributed by atoms with van der Waals surface area (Å²) in [6.07, 6.45) is 4.41. The number of morpholine rings is 1. The summed E-state index contributed by atoms with van der Waals surface area (Å²) in [5, 5.41) is 0. The molecule has 1 atom stereocenters. The van der Waals surface area contributed by atoms with Gasteiger partial charge in [-0.25, -0.2) is 0 Å². The van der Waals surface area contributed by atoms with Crippen LogP contribution in [0.15, 0.2) is 73.1 Å². The summed E-state index contributed by atoms with van der Waals surface area (Å²) in [7, 11) is 0. The highest BCUT2D eigenvalue weighted by Gasteiger charge is 2.26. The van der Waals surface area contributed by atoms with Gasteiger partial charge in [0.05, 0.1) is 25.3 Å². The average molecular weight is 373 g/mol. The van der Waals surface area contributed by atoms with Crippen LogP contribution in [-0.4, -0.2) is 40.5 Å². The Morgan fingerprint density at radius 2 is 1.82 bits per heavy atom. The summed E-state index contributed by atoms with van der Waals surface area (Å²) in [6, 6.07) is 20.1. The molecule has 1 aromatic carbocycles. The van der Waals surface area contributed by atoms with Crippen molar-refractivity contribution in [2.45, 2.75) is 18.9 Å². The smallest absolute Gasteiger partial charge is 0.227 e. The average Bonchev–Trinajstić information content (AvgIpc) is 2.75. The van der Waals surface area contributed by atoms with Crippen LogP contribution in [0.4, 0.5) is 0 Å². The molecule has 4 rings (SSSR count). The second kappa shape index (κ2) is 8.76. The van der Waals surface area contributed by atoms with Gasteiger partial charge in [0.1, 0.15) is 6.10 Å². The van der Waals surface area contributed by atoms with Crippen LogP contribution < -0.4 is 0 Å². The Labute approximate surface area is 165 Å². The van der Waals surface area contributed by atoms with E-state index in [0.29, 0.717) is 26.1 Å². The summed E-state index contributed by atoms with van der Waals surface area (Å²) in [5.74, 6) is 0.111. The zero-order valence-corrected chi connectivity index (χ0v) is 15.7. The van der Waals surface area contributed by atoms with Gasteiger partial charge in [-0.15, -0.1) is 0 Å². The van der Waals surface area contributed by atoms with Crippen LogP contribution in [0.3, 0.4) is 0 Å². The second-order valence-corrected chi connectivity index (χ2v) is 6.95. The van der Waals surface area contributed by atoms with Crippen LogP contribution >= 0.6 is 0 Å². The maximum atomic E-state index is 12.7. The zero-order valence-electron chi connectivity index (χ0n) is 15.7. The third-order valence-corrected chi connectivity index (χ3v) is 4.91. The van der Waals surface area contributed by atoms with Crippen molar-refractivity contribution in [2.75, 3.05) is 19.7 Å². The zero-order chi connectivity index (χ0) is 19.2. The van der Waals surface area contributed by atoms with Crippen LogP contribution in [0.5, 0.6) is 0 Å². The van der Waals surface area contributed by atoms with Crippen molar-refractivity contribution < 1.29 is 9.53 Å². The number of carbonyl (C=O) groups excluding carboxylic acids is 1. The molecule has 3 heterocycles. The molecule has 5 nitrogen and oxygen atoms in total. The number of hydrogen-bond donors (Lipinski definition) is 0. The number of nitrogens with zero attached hydrogens (tertiary/aromatic N) is 3. The lowest BCUT2D eigenvalue weighted by Gasteiger charge is -2.33. The summed E-state index contributed by atoms with van der Waals surface area (Å²) in [6.45, 7) is 1.67. The molecule has 1 fully saturated rings. The van der Waals surface area contributed by atoms with E-state index in [0.717, 1.165) is 23.4 Å². The van der Waals surface area contributed by atoms with Crippen molar-refractivity contribution >= 4 is 5.91 Å². The molecule has 0 saturated carbocycles. The van der Waals surface area contributed by atoms with Gasteiger partial charge < -0.3 is 9.64 Å². The van der Waals surface area contributed by atoms with Crippen LogP contribution in [-0.2, 0) is 22.4 Å². The lowest BCUT2D eigenvalue weighted by molar-refractivity contribution is -0.138. The Bertz CT molecular complexity index is 915. The fraction of sp³-hybridized carbons (Fsp3) is 0.261. The molecule has 0 radical (unpaired) electrons. The number of rotatable bonds is 5. The van der Waals surface area contributed by atoms with Crippen LogP contribution in [0.25, 0.3) is 0 Å². The first-order chi connectivity index (χ1) is 13.8. The first-order valence-electron chi connectivity index (χ1n) is 9.56. The van der Waals surface area contributed by atoms with Crippen molar-refractivity contribution in [1.82, 2.24) is 14.9 Å². The molecule has 142 valence electrons.